The van der Waals surface area contributed by atoms with Crippen LogP contribution in [-0.2, 0) is 6.54 Å². The number of aliphatic imine (C=N–C) groups is 1. The molecule has 94 valence electrons. The summed E-state index contributed by atoms with van der Waals surface area (Å²) in [4.78, 5) is 6.59. The van der Waals surface area contributed by atoms with Crippen molar-refractivity contribution in [3.8, 4) is 0 Å². The van der Waals surface area contributed by atoms with E-state index in [-0.39, 0.29) is 0 Å². The number of hydrogen-bond donors (Lipinski definition) is 0. The van der Waals surface area contributed by atoms with E-state index < -0.39 is 0 Å². The van der Waals surface area contributed by atoms with Crippen molar-refractivity contribution in [3.63, 3.8) is 0 Å². The average molecular weight is 240 g/mol. The minimum Gasteiger partial charge on any atom is -0.348 e. The lowest BCUT2D eigenvalue weighted by Crippen LogP contribution is -2.09. The van der Waals surface area contributed by atoms with Crippen LogP contribution in [0.25, 0.3) is 0 Å². The van der Waals surface area contributed by atoms with Gasteiger partial charge in [0.25, 0.3) is 0 Å². The normalized spacial score (nSPS) is 14.9. The van der Waals surface area contributed by atoms with Gasteiger partial charge in [-0.2, -0.15) is 0 Å². The molecule has 0 amide bonds. The van der Waals surface area contributed by atoms with E-state index in [1.807, 2.05) is 12.4 Å². The van der Waals surface area contributed by atoms with Crippen molar-refractivity contribution >= 4 is 5.71 Å². The Morgan fingerprint density at radius 3 is 2.50 bits per heavy atom. The SMILES string of the molecule is Cc1ccc(CN2C=CN=C(C(C)C)C=C2)cc1. The highest BCUT2D eigenvalue weighted by molar-refractivity contribution is 5.96. The molecule has 0 fully saturated rings. The molecular formula is C16H20N2. The highest BCUT2D eigenvalue weighted by Crippen LogP contribution is 2.11. The molecule has 2 heteroatoms. The highest BCUT2D eigenvalue weighted by Gasteiger charge is 2.04. The zero-order valence-corrected chi connectivity index (χ0v) is 11.3. The van der Waals surface area contributed by atoms with Crippen LogP contribution in [0.3, 0.4) is 0 Å². The van der Waals surface area contributed by atoms with Crippen molar-refractivity contribution < 1.29 is 0 Å². The van der Waals surface area contributed by atoms with Crippen LogP contribution >= 0.6 is 0 Å². The summed E-state index contributed by atoms with van der Waals surface area (Å²) in [5.74, 6) is 0.463. The number of nitrogens with zero attached hydrogens (tertiary/aromatic N) is 2. The van der Waals surface area contributed by atoms with Gasteiger partial charge in [0.1, 0.15) is 0 Å². The van der Waals surface area contributed by atoms with E-state index in [1.165, 1.54) is 11.1 Å². The van der Waals surface area contributed by atoms with Crippen LogP contribution in [0, 0.1) is 12.8 Å². The Hall–Kier alpha value is -1.83. The number of benzene rings is 1. The number of allylic oxidation sites excluding steroid dienone is 1. The second-order valence-corrected chi connectivity index (χ2v) is 4.98. The van der Waals surface area contributed by atoms with Crippen molar-refractivity contribution in [2.24, 2.45) is 10.9 Å². The van der Waals surface area contributed by atoms with Crippen molar-refractivity contribution in [2.75, 3.05) is 0 Å². The standard InChI is InChI=1S/C16H20N2/c1-13(2)16-8-10-18(11-9-17-16)12-15-6-4-14(3)5-7-15/h4-11,13H,12H2,1-3H3. The first-order chi connectivity index (χ1) is 8.65. The topological polar surface area (TPSA) is 15.6 Å². The maximum Gasteiger partial charge on any atom is 0.0470 e. The molecule has 1 aliphatic heterocycles. The Bertz CT molecular complexity index is 478. The van der Waals surface area contributed by atoms with Crippen LogP contribution in [0.15, 0.2) is 53.9 Å². The van der Waals surface area contributed by atoms with Gasteiger partial charge in [-0.1, -0.05) is 43.7 Å². The molecule has 1 aliphatic rings. The third kappa shape index (κ3) is 3.33. The van der Waals surface area contributed by atoms with E-state index in [0.717, 1.165) is 12.3 Å². The minimum atomic E-state index is 0.463. The first kappa shape index (κ1) is 12.6. The Kier molecular flexibility index (Phi) is 3.98. The first-order valence-corrected chi connectivity index (χ1v) is 6.39. The molecule has 0 unspecified atom stereocenters. The van der Waals surface area contributed by atoms with Crippen molar-refractivity contribution in [3.05, 3.63) is 60.1 Å². The van der Waals surface area contributed by atoms with E-state index in [1.54, 1.807) is 0 Å². The molecule has 0 radical (unpaired) electrons. The maximum absolute atomic E-state index is 4.44. The summed E-state index contributed by atoms with van der Waals surface area (Å²) in [5, 5.41) is 0. The molecule has 2 rings (SSSR count). The van der Waals surface area contributed by atoms with Crippen LogP contribution in [0.4, 0.5) is 0 Å². The molecule has 0 N–H and O–H groups in total. The summed E-state index contributed by atoms with van der Waals surface area (Å²) in [5.41, 5.74) is 3.73. The predicted octanol–water partition coefficient (Wildman–Crippen LogP) is 3.89. The molecule has 0 spiro atoms. The second kappa shape index (κ2) is 5.67. The van der Waals surface area contributed by atoms with Crippen LogP contribution in [-0.4, -0.2) is 10.6 Å². The van der Waals surface area contributed by atoms with Crippen LogP contribution < -0.4 is 0 Å². The Balaban J connectivity index is 2.04. The van der Waals surface area contributed by atoms with Crippen LogP contribution in [0.2, 0.25) is 0 Å². The molecule has 0 saturated carbocycles. The van der Waals surface area contributed by atoms with E-state index in [0.29, 0.717) is 5.92 Å². The van der Waals surface area contributed by atoms with Crippen LogP contribution in [0.5, 0.6) is 0 Å². The Labute approximate surface area is 109 Å². The predicted molar refractivity (Wildman–Crippen MR) is 77.3 cm³/mol. The quantitative estimate of drug-likeness (QED) is 0.782. The van der Waals surface area contributed by atoms with Crippen molar-refractivity contribution in [1.29, 1.82) is 0 Å². The minimum absolute atomic E-state index is 0.463. The monoisotopic (exact) mass is 240 g/mol. The Morgan fingerprint density at radius 2 is 1.83 bits per heavy atom. The molecule has 1 heterocycles. The molecule has 18 heavy (non-hydrogen) atoms. The highest BCUT2D eigenvalue weighted by atomic mass is 15.1. The van der Waals surface area contributed by atoms with E-state index in [4.69, 9.17) is 0 Å². The summed E-state index contributed by atoms with van der Waals surface area (Å²) in [7, 11) is 0. The lowest BCUT2D eigenvalue weighted by atomic mass is 10.1. The smallest absolute Gasteiger partial charge is 0.0470 e. The molecule has 1 aromatic carbocycles. The fourth-order valence-electron chi connectivity index (χ4n) is 1.82. The Morgan fingerprint density at radius 1 is 1.11 bits per heavy atom. The van der Waals surface area contributed by atoms with Gasteiger partial charge in [-0.25, -0.2) is 0 Å². The average Bonchev–Trinajstić information content (AvgIpc) is 2.58. The number of rotatable bonds is 3. The third-order valence-corrected chi connectivity index (χ3v) is 3.00. The van der Waals surface area contributed by atoms with Crippen LogP contribution in [0.1, 0.15) is 25.0 Å². The summed E-state index contributed by atoms with van der Waals surface area (Å²) in [6, 6.07) is 8.64. The molecular weight excluding hydrogens is 220 g/mol. The molecule has 1 aromatic rings. The summed E-state index contributed by atoms with van der Waals surface area (Å²) in [6.07, 6.45) is 8.09. The van der Waals surface area contributed by atoms with Gasteiger partial charge in [0.15, 0.2) is 0 Å². The van der Waals surface area contributed by atoms with Gasteiger partial charge in [0, 0.05) is 30.9 Å². The largest absolute Gasteiger partial charge is 0.348 e. The molecule has 0 bridgehead atoms. The summed E-state index contributed by atoms with van der Waals surface area (Å²) >= 11 is 0. The zero-order chi connectivity index (χ0) is 13.0. The van der Waals surface area contributed by atoms with E-state index in [2.05, 4.69) is 67.2 Å². The maximum atomic E-state index is 4.44. The zero-order valence-electron chi connectivity index (χ0n) is 11.3. The molecule has 0 aromatic heterocycles. The molecule has 0 atom stereocenters. The van der Waals surface area contributed by atoms with Gasteiger partial charge in [-0.05, 0) is 24.5 Å². The first-order valence-electron chi connectivity index (χ1n) is 6.39. The van der Waals surface area contributed by atoms with Gasteiger partial charge in [-0.15, -0.1) is 0 Å². The van der Waals surface area contributed by atoms with Gasteiger partial charge in [-0.3, -0.25) is 4.99 Å². The van der Waals surface area contributed by atoms with E-state index in [9.17, 15) is 0 Å². The number of aryl methyl sites for hydroxylation is 1. The lowest BCUT2D eigenvalue weighted by Gasteiger charge is -2.14. The summed E-state index contributed by atoms with van der Waals surface area (Å²) in [6.45, 7) is 7.31. The van der Waals surface area contributed by atoms with Gasteiger partial charge < -0.3 is 4.90 Å². The lowest BCUT2D eigenvalue weighted by molar-refractivity contribution is 0.501. The fraction of sp³-hybridized carbons (Fsp3) is 0.312. The molecule has 0 saturated heterocycles. The molecule has 2 nitrogen and oxygen atoms in total. The third-order valence-electron chi connectivity index (χ3n) is 3.00. The fourth-order valence-corrected chi connectivity index (χ4v) is 1.82. The second-order valence-electron chi connectivity index (χ2n) is 4.98. The van der Waals surface area contributed by atoms with Crippen molar-refractivity contribution in [1.82, 2.24) is 4.90 Å². The molecule has 0 aliphatic carbocycles. The van der Waals surface area contributed by atoms with Gasteiger partial charge in [0.05, 0.1) is 0 Å². The number of hydrogen-bond acceptors (Lipinski definition) is 2. The summed E-state index contributed by atoms with van der Waals surface area (Å²) < 4.78 is 0. The van der Waals surface area contributed by atoms with Gasteiger partial charge >= 0.3 is 0 Å². The van der Waals surface area contributed by atoms with Crippen molar-refractivity contribution in [2.45, 2.75) is 27.3 Å². The van der Waals surface area contributed by atoms with E-state index >= 15 is 0 Å². The van der Waals surface area contributed by atoms with Gasteiger partial charge in [0.2, 0.25) is 0 Å².